The van der Waals surface area contributed by atoms with Crippen LogP contribution in [-0.2, 0) is 0 Å². The van der Waals surface area contributed by atoms with Crippen LogP contribution in [0.4, 0.5) is 0 Å². The van der Waals surface area contributed by atoms with Crippen LogP contribution in [0.25, 0.3) is 10.9 Å². The van der Waals surface area contributed by atoms with Crippen molar-refractivity contribution in [3.63, 3.8) is 0 Å². The van der Waals surface area contributed by atoms with Gasteiger partial charge in [0.2, 0.25) is 0 Å². The first-order chi connectivity index (χ1) is 8.76. The van der Waals surface area contributed by atoms with Crippen molar-refractivity contribution in [3.8, 4) is 6.07 Å². The molecule has 0 spiro atoms. The molecule has 1 aromatic carbocycles. The number of carbonyl (C=O) groups is 1. The van der Waals surface area contributed by atoms with E-state index in [-0.39, 0.29) is 5.91 Å². The molecule has 2 rings (SSSR count). The van der Waals surface area contributed by atoms with E-state index in [0.29, 0.717) is 25.1 Å². The molecule has 0 radical (unpaired) electrons. The Morgan fingerprint density at radius 3 is 3.00 bits per heavy atom. The summed E-state index contributed by atoms with van der Waals surface area (Å²) < 4.78 is 0. The second-order valence-corrected chi connectivity index (χ2v) is 4.07. The summed E-state index contributed by atoms with van der Waals surface area (Å²) in [4.78, 5) is 17.0. The van der Waals surface area contributed by atoms with Gasteiger partial charge in [0.25, 0.3) is 5.91 Å². The van der Waals surface area contributed by atoms with Crippen LogP contribution in [-0.4, -0.2) is 28.9 Å². The first-order valence-corrected chi connectivity index (χ1v) is 5.99. The normalized spacial score (nSPS) is 10.2. The van der Waals surface area contributed by atoms with E-state index in [9.17, 15) is 4.79 Å². The van der Waals surface area contributed by atoms with Gasteiger partial charge in [0.05, 0.1) is 12.5 Å². The van der Waals surface area contributed by atoms with Gasteiger partial charge in [-0.2, -0.15) is 5.26 Å². The average molecular weight is 241 g/mol. The molecular weight excluding hydrogens is 226 g/mol. The molecule has 1 heterocycles. The first-order valence-electron chi connectivity index (χ1n) is 5.99. The molecule has 0 atom stereocenters. The zero-order valence-corrected chi connectivity index (χ0v) is 10.3. The van der Waals surface area contributed by atoms with E-state index in [0.717, 1.165) is 10.9 Å². The highest BCUT2D eigenvalue weighted by Gasteiger charge is 2.14. The molecule has 2 aromatic rings. The quantitative estimate of drug-likeness (QED) is 0.894. The molecule has 92 valence electrons. The van der Waals surface area contributed by atoms with Crippen molar-refractivity contribution in [1.29, 1.82) is 5.26 Å². The number of nitrogens with zero attached hydrogens (tertiary/aromatic N) is 2. The average Bonchev–Trinajstić information content (AvgIpc) is 2.86. The number of aromatic amines is 1. The number of H-pyrrole nitrogens is 1. The molecule has 0 aliphatic rings. The number of rotatable bonds is 4. The predicted molar refractivity (Wildman–Crippen MR) is 70.1 cm³/mol. The lowest BCUT2D eigenvalue weighted by molar-refractivity contribution is 0.0768. The van der Waals surface area contributed by atoms with Crippen LogP contribution in [0.5, 0.6) is 0 Å². The highest BCUT2D eigenvalue weighted by molar-refractivity contribution is 5.98. The van der Waals surface area contributed by atoms with Gasteiger partial charge in [-0.25, -0.2) is 0 Å². The van der Waals surface area contributed by atoms with E-state index >= 15 is 0 Å². The van der Waals surface area contributed by atoms with Gasteiger partial charge in [-0.3, -0.25) is 4.79 Å². The van der Waals surface area contributed by atoms with E-state index in [1.165, 1.54) is 0 Å². The molecule has 0 aliphatic carbocycles. The Bertz CT molecular complexity index is 594. The maximum atomic E-state index is 12.3. The Morgan fingerprint density at radius 1 is 1.44 bits per heavy atom. The summed E-state index contributed by atoms with van der Waals surface area (Å²) in [6, 6.07) is 9.60. The maximum absolute atomic E-state index is 12.3. The van der Waals surface area contributed by atoms with E-state index in [2.05, 4.69) is 11.1 Å². The lowest BCUT2D eigenvalue weighted by Gasteiger charge is -2.19. The summed E-state index contributed by atoms with van der Waals surface area (Å²) in [7, 11) is 0. The maximum Gasteiger partial charge on any atom is 0.253 e. The van der Waals surface area contributed by atoms with Gasteiger partial charge < -0.3 is 9.88 Å². The standard InChI is InChI=1S/C14H15N3O/c1-2-17(9-3-7-15)14(18)12-4-5-13-11(10-12)6-8-16-13/h4-6,8,10,16H,2-3,9H2,1H3. The SMILES string of the molecule is CCN(CCC#N)C(=O)c1ccc2[nH]ccc2c1. The van der Waals surface area contributed by atoms with Gasteiger partial charge in [-0.1, -0.05) is 0 Å². The third kappa shape index (κ3) is 2.35. The molecule has 0 unspecified atom stereocenters. The molecule has 1 N–H and O–H groups in total. The Morgan fingerprint density at radius 2 is 2.28 bits per heavy atom. The van der Waals surface area contributed by atoms with Crippen LogP contribution in [0.1, 0.15) is 23.7 Å². The van der Waals surface area contributed by atoms with Crippen LogP contribution in [0.15, 0.2) is 30.5 Å². The van der Waals surface area contributed by atoms with Crippen molar-refractivity contribution < 1.29 is 4.79 Å². The highest BCUT2D eigenvalue weighted by atomic mass is 16.2. The van der Waals surface area contributed by atoms with Crippen LogP contribution in [0.3, 0.4) is 0 Å². The molecule has 0 bridgehead atoms. The lowest BCUT2D eigenvalue weighted by atomic mass is 10.1. The monoisotopic (exact) mass is 241 g/mol. The van der Waals surface area contributed by atoms with Gasteiger partial charge in [-0.05, 0) is 31.2 Å². The molecule has 18 heavy (non-hydrogen) atoms. The van der Waals surface area contributed by atoms with Gasteiger partial charge in [0.15, 0.2) is 0 Å². The predicted octanol–water partition coefficient (Wildman–Crippen LogP) is 2.54. The second kappa shape index (κ2) is 5.37. The molecule has 4 nitrogen and oxygen atoms in total. The fourth-order valence-electron chi connectivity index (χ4n) is 1.96. The van der Waals surface area contributed by atoms with E-state index in [4.69, 9.17) is 5.26 Å². The van der Waals surface area contributed by atoms with E-state index < -0.39 is 0 Å². The highest BCUT2D eigenvalue weighted by Crippen LogP contribution is 2.15. The minimum atomic E-state index is -0.0177. The minimum Gasteiger partial charge on any atom is -0.361 e. The molecule has 4 heteroatoms. The smallest absolute Gasteiger partial charge is 0.253 e. The summed E-state index contributed by atoms with van der Waals surface area (Å²) >= 11 is 0. The van der Waals surface area contributed by atoms with Crippen molar-refractivity contribution in [3.05, 3.63) is 36.0 Å². The molecular formula is C14H15N3O. The number of aromatic nitrogens is 1. The van der Waals surface area contributed by atoms with Crippen LogP contribution < -0.4 is 0 Å². The second-order valence-electron chi connectivity index (χ2n) is 4.07. The van der Waals surface area contributed by atoms with Crippen molar-refractivity contribution in [2.75, 3.05) is 13.1 Å². The Balaban J connectivity index is 2.23. The number of hydrogen-bond donors (Lipinski definition) is 1. The molecule has 0 saturated heterocycles. The number of carbonyl (C=O) groups excluding carboxylic acids is 1. The van der Waals surface area contributed by atoms with Crippen molar-refractivity contribution in [1.82, 2.24) is 9.88 Å². The summed E-state index contributed by atoms with van der Waals surface area (Å²) in [6.07, 6.45) is 2.22. The third-order valence-electron chi connectivity index (χ3n) is 2.96. The zero-order chi connectivity index (χ0) is 13.0. The topological polar surface area (TPSA) is 59.9 Å². The largest absolute Gasteiger partial charge is 0.361 e. The van der Waals surface area contributed by atoms with E-state index in [1.54, 1.807) is 4.90 Å². The third-order valence-corrected chi connectivity index (χ3v) is 2.96. The van der Waals surface area contributed by atoms with Crippen molar-refractivity contribution in [2.24, 2.45) is 0 Å². The first kappa shape index (κ1) is 12.2. The van der Waals surface area contributed by atoms with Crippen LogP contribution >= 0.6 is 0 Å². The molecule has 0 fully saturated rings. The number of nitriles is 1. The number of nitrogens with one attached hydrogen (secondary N) is 1. The minimum absolute atomic E-state index is 0.0177. The Labute approximate surface area is 106 Å². The zero-order valence-electron chi connectivity index (χ0n) is 10.3. The van der Waals surface area contributed by atoms with Crippen LogP contribution in [0.2, 0.25) is 0 Å². The number of fused-ring (bicyclic) bond motifs is 1. The van der Waals surface area contributed by atoms with Crippen molar-refractivity contribution in [2.45, 2.75) is 13.3 Å². The molecule has 0 saturated carbocycles. The summed E-state index contributed by atoms with van der Waals surface area (Å²) in [5.41, 5.74) is 1.69. The molecule has 1 amide bonds. The summed E-state index contributed by atoms with van der Waals surface area (Å²) in [5, 5.41) is 9.61. The number of benzene rings is 1. The Kier molecular flexibility index (Phi) is 3.63. The summed E-state index contributed by atoms with van der Waals surface area (Å²) in [6.45, 7) is 3.02. The summed E-state index contributed by atoms with van der Waals surface area (Å²) in [5.74, 6) is -0.0177. The van der Waals surface area contributed by atoms with Gasteiger partial charge in [0.1, 0.15) is 0 Å². The fourth-order valence-corrected chi connectivity index (χ4v) is 1.96. The van der Waals surface area contributed by atoms with Gasteiger partial charge in [-0.15, -0.1) is 0 Å². The molecule has 1 aromatic heterocycles. The fraction of sp³-hybridized carbons (Fsp3) is 0.286. The number of amides is 1. The van der Waals surface area contributed by atoms with Crippen molar-refractivity contribution >= 4 is 16.8 Å². The lowest BCUT2D eigenvalue weighted by Crippen LogP contribution is -2.31. The number of hydrogen-bond acceptors (Lipinski definition) is 2. The Hall–Kier alpha value is -2.28. The van der Waals surface area contributed by atoms with Gasteiger partial charge >= 0.3 is 0 Å². The van der Waals surface area contributed by atoms with Gasteiger partial charge in [0, 0.05) is 35.8 Å². The molecule has 0 aliphatic heterocycles. The van der Waals surface area contributed by atoms with Crippen LogP contribution in [0, 0.1) is 11.3 Å². The van der Waals surface area contributed by atoms with E-state index in [1.807, 2.05) is 37.4 Å².